The maximum atomic E-state index is 12.8. The number of fused-ring (bicyclic) bond motifs is 1. The Labute approximate surface area is 242 Å². The van der Waals surface area contributed by atoms with Crippen molar-refractivity contribution in [2.24, 2.45) is 5.10 Å². The zero-order valence-corrected chi connectivity index (χ0v) is 22.7. The van der Waals surface area contributed by atoms with Crippen molar-refractivity contribution >= 4 is 34.5 Å². The number of hydrazone groups is 1. The van der Waals surface area contributed by atoms with Crippen molar-refractivity contribution in [3.63, 3.8) is 0 Å². The lowest BCUT2D eigenvalue weighted by molar-refractivity contribution is 0.0955. The largest absolute Gasteiger partial charge is 0.489 e. The number of carbonyl (C=O) groups excluding carboxylic acids is 1. The molecular weight excluding hydrogens is 532 g/mol. The standard InChI is InChI=1S/C34H25ClN4O2/c35-29-17-19-30(20-18-29)41-23-24-13-15-27(16-14-24)34(40)37-36-21-28-22-39(38-33(28)26-8-2-1-3-9-26)32-12-6-10-25-7-4-5-11-31(25)32/h1-22H,23H2,(H,37,40)/b36-21-. The Bertz CT molecular complexity index is 1820. The Balaban J connectivity index is 1.19. The summed E-state index contributed by atoms with van der Waals surface area (Å²) in [6.45, 7) is 0.380. The third kappa shape index (κ3) is 6.03. The van der Waals surface area contributed by atoms with Gasteiger partial charge in [-0.25, -0.2) is 10.1 Å². The molecule has 7 heteroatoms. The molecule has 1 N–H and O–H groups in total. The van der Waals surface area contributed by atoms with Gasteiger partial charge in [-0.1, -0.05) is 90.5 Å². The number of benzene rings is 5. The number of hydrogen-bond donors (Lipinski definition) is 1. The molecule has 1 amide bonds. The van der Waals surface area contributed by atoms with E-state index in [0.29, 0.717) is 17.2 Å². The van der Waals surface area contributed by atoms with Crippen LogP contribution in [0.5, 0.6) is 5.75 Å². The van der Waals surface area contributed by atoms with Crippen LogP contribution < -0.4 is 10.2 Å². The van der Waals surface area contributed by atoms with Crippen LogP contribution in [0, 0.1) is 0 Å². The van der Waals surface area contributed by atoms with E-state index in [9.17, 15) is 4.79 Å². The molecular formula is C34H25ClN4O2. The van der Waals surface area contributed by atoms with E-state index < -0.39 is 0 Å². The number of aromatic nitrogens is 2. The second-order valence-corrected chi connectivity index (χ2v) is 9.82. The second kappa shape index (κ2) is 11.9. The Morgan fingerprint density at radius 1 is 0.854 bits per heavy atom. The van der Waals surface area contributed by atoms with Gasteiger partial charge >= 0.3 is 0 Å². The summed E-state index contributed by atoms with van der Waals surface area (Å²) in [6, 6.07) is 38.7. The molecule has 0 atom stereocenters. The third-order valence-electron chi connectivity index (χ3n) is 6.61. The van der Waals surface area contributed by atoms with Crippen LogP contribution in [0.25, 0.3) is 27.7 Å². The molecule has 1 heterocycles. The van der Waals surface area contributed by atoms with Crippen molar-refractivity contribution < 1.29 is 9.53 Å². The quantitative estimate of drug-likeness (QED) is 0.154. The smallest absolute Gasteiger partial charge is 0.271 e. The Morgan fingerprint density at radius 3 is 2.39 bits per heavy atom. The molecule has 1 aromatic heterocycles. The minimum Gasteiger partial charge on any atom is -0.489 e. The van der Waals surface area contributed by atoms with Crippen LogP contribution in [0.1, 0.15) is 21.5 Å². The van der Waals surface area contributed by atoms with Gasteiger partial charge in [0.05, 0.1) is 11.9 Å². The number of rotatable bonds is 8. The average Bonchev–Trinajstić information content (AvgIpc) is 3.45. The number of halogens is 1. The van der Waals surface area contributed by atoms with E-state index in [4.69, 9.17) is 21.4 Å². The second-order valence-electron chi connectivity index (χ2n) is 9.38. The molecule has 0 saturated carbocycles. The molecule has 0 aliphatic heterocycles. The van der Waals surface area contributed by atoms with Crippen LogP contribution in [-0.4, -0.2) is 21.9 Å². The van der Waals surface area contributed by atoms with Gasteiger partial charge in [-0.05, 0) is 53.4 Å². The molecule has 0 bridgehead atoms. The predicted octanol–water partition coefficient (Wildman–Crippen LogP) is 7.69. The monoisotopic (exact) mass is 556 g/mol. The van der Waals surface area contributed by atoms with E-state index in [0.717, 1.165) is 44.6 Å². The van der Waals surface area contributed by atoms with Crippen molar-refractivity contribution in [1.82, 2.24) is 15.2 Å². The maximum absolute atomic E-state index is 12.8. The van der Waals surface area contributed by atoms with Crippen LogP contribution in [0.2, 0.25) is 5.02 Å². The fourth-order valence-electron chi connectivity index (χ4n) is 4.51. The molecule has 200 valence electrons. The van der Waals surface area contributed by atoms with Gasteiger partial charge in [0.15, 0.2) is 0 Å². The molecule has 5 aromatic carbocycles. The first kappa shape index (κ1) is 26.0. The number of nitrogens with one attached hydrogen (secondary N) is 1. The zero-order valence-electron chi connectivity index (χ0n) is 21.9. The van der Waals surface area contributed by atoms with E-state index in [1.807, 2.05) is 89.7 Å². The van der Waals surface area contributed by atoms with Crippen molar-refractivity contribution in [2.75, 3.05) is 0 Å². The summed E-state index contributed by atoms with van der Waals surface area (Å²) in [7, 11) is 0. The van der Waals surface area contributed by atoms with E-state index in [1.165, 1.54) is 0 Å². The molecule has 0 fully saturated rings. The van der Waals surface area contributed by atoms with Gasteiger partial charge in [-0.2, -0.15) is 10.2 Å². The van der Waals surface area contributed by atoms with Gasteiger partial charge < -0.3 is 4.74 Å². The fourth-order valence-corrected chi connectivity index (χ4v) is 4.63. The summed E-state index contributed by atoms with van der Waals surface area (Å²) in [5, 5.41) is 12.1. The Morgan fingerprint density at radius 2 is 1.59 bits per heavy atom. The summed E-state index contributed by atoms with van der Waals surface area (Å²) in [5.41, 5.74) is 7.53. The molecule has 0 spiro atoms. The molecule has 6 nitrogen and oxygen atoms in total. The maximum Gasteiger partial charge on any atom is 0.271 e. The molecule has 0 unspecified atom stereocenters. The number of nitrogens with zero attached hydrogens (tertiary/aromatic N) is 3. The van der Waals surface area contributed by atoms with Crippen LogP contribution in [0.4, 0.5) is 0 Å². The van der Waals surface area contributed by atoms with Crippen molar-refractivity contribution in [3.8, 4) is 22.7 Å². The summed E-state index contributed by atoms with van der Waals surface area (Å²) in [5.74, 6) is 0.415. The number of hydrogen-bond acceptors (Lipinski definition) is 4. The van der Waals surface area contributed by atoms with E-state index in [1.54, 1.807) is 30.5 Å². The molecule has 41 heavy (non-hydrogen) atoms. The highest BCUT2D eigenvalue weighted by Crippen LogP contribution is 2.26. The van der Waals surface area contributed by atoms with Crippen LogP contribution in [-0.2, 0) is 6.61 Å². The van der Waals surface area contributed by atoms with E-state index in [2.05, 4.69) is 28.7 Å². The molecule has 6 rings (SSSR count). The van der Waals surface area contributed by atoms with Gasteiger partial charge in [0, 0.05) is 33.3 Å². The number of ether oxygens (including phenoxy) is 1. The minimum absolute atomic E-state index is 0.311. The third-order valence-corrected chi connectivity index (χ3v) is 6.86. The van der Waals surface area contributed by atoms with Gasteiger partial charge in [0.25, 0.3) is 5.91 Å². The normalized spacial score (nSPS) is 11.1. The Kier molecular flexibility index (Phi) is 7.56. The van der Waals surface area contributed by atoms with Gasteiger partial charge in [-0.3, -0.25) is 4.79 Å². The lowest BCUT2D eigenvalue weighted by atomic mass is 10.1. The lowest BCUT2D eigenvalue weighted by Crippen LogP contribution is -2.17. The van der Waals surface area contributed by atoms with Gasteiger partial charge in [0.1, 0.15) is 18.1 Å². The van der Waals surface area contributed by atoms with Gasteiger partial charge in [-0.15, -0.1) is 0 Å². The SMILES string of the molecule is O=C(N/N=C\c1cn(-c2cccc3ccccc23)nc1-c1ccccc1)c1ccc(COc2ccc(Cl)cc2)cc1. The summed E-state index contributed by atoms with van der Waals surface area (Å²) < 4.78 is 7.64. The predicted molar refractivity (Wildman–Crippen MR) is 164 cm³/mol. The van der Waals surface area contributed by atoms with Crippen molar-refractivity contribution in [1.29, 1.82) is 0 Å². The topological polar surface area (TPSA) is 68.5 Å². The molecule has 0 radical (unpaired) electrons. The molecule has 0 saturated heterocycles. The molecule has 0 aliphatic carbocycles. The first-order chi connectivity index (χ1) is 20.1. The van der Waals surface area contributed by atoms with Gasteiger partial charge in [0.2, 0.25) is 0 Å². The first-order valence-electron chi connectivity index (χ1n) is 13.1. The van der Waals surface area contributed by atoms with Crippen molar-refractivity contribution in [2.45, 2.75) is 6.61 Å². The molecule has 0 aliphatic rings. The summed E-state index contributed by atoms with van der Waals surface area (Å²) in [6.07, 6.45) is 3.55. The first-order valence-corrected chi connectivity index (χ1v) is 13.5. The highest BCUT2D eigenvalue weighted by Gasteiger charge is 2.13. The summed E-state index contributed by atoms with van der Waals surface area (Å²) in [4.78, 5) is 12.8. The van der Waals surface area contributed by atoms with Crippen LogP contribution in [0.3, 0.4) is 0 Å². The van der Waals surface area contributed by atoms with E-state index >= 15 is 0 Å². The fraction of sp³-hybridized carbons (Fsp3) is 0.0294. The molecule has 6 aromatic rings. The summed E-state index contributed by atoms with van der Waals surface area (Å²) >= 11 is 5.92. The Hall–Kier alpha value is -5.20. The minimum atomic E-state index is -0.311. The van der Waals surface area contributed by atoms with Crippen molar-refractivity contribution in [3.05, 3.63) is 149 Å². The number of carbonyl (C=O) groups is 1. The highest BCUT2D eigenvalue weighted by atomic mass is 35.5. The highest BCUT2D eigenvalue weighted by molar-refractivity contribution is 6.30. The zero-order chi connectivity index (χ0) is 28.0. The van der Waals surface area contributed by atoms with E-state index in [-0.39, 0.29) is 5.91 Å². The van der Waals surface area contributed by atoms with Crippen LogP contribution >= 0.6 is 11.6 Å². The van der Waals surface area contributed by atoms with Crippen LogP contribution in [0.15, 0.2) is 133 Å². The number of amides is 1. The lowest BCUT2D eigenvalue weighted by Gasteiger charge is -2.07. The average molecular weight is 557 g/mol.